The van der Waals surface area contributed by atoms with Gasteiger partial charge in [-0.05, 0) is 25.7 Å². The highest BCUT2D eigenvalue weighted by atomic mass is 32.2. The lowest BCUT2D eigenvalue weighted by Gasteiger charge is -2.20. The summed E-state index contributed by atoms with van der Waals surface area (Å²) >= 11 is 0. The van der Waals surface area contributed by atoms with Crippen molar-refractivity contribution in [1.82, 2.24) is 4.31 Å². The van der Waals surface area contributed by atoms with Crippen molar-refractivity contribution in [3.63, 3.8) is 0 Å². The van der Waals surface area contributed by atoms with Crippen LogP contribution in [0.25, 0.3) is 0 Å². The average Bonchev–Trinajstić information content (AvgIpc) is 2.44. The van der Waals surface area contributed by atoms with Crippen LogP contribution in [0.5, 0.6) is 0 Å². The highest BCUT2D eigenvalue weighted by Crippen LogP contribution is 2.25. The van der Waals surface area contributed by atoms with Crippen LogP contribution in [-0.4, -0.2) is 42.1 Å². The molecule has 0 radical (unpaired) electrons. The van der Waals surface area contributed by atoms with Gasteiger partial charge in [-0.2, -0.15) is 4.31 Å². The maximum Gasteiger partial charge on any atom is 0.303 e. The topological polar surface area (TPSA) is 74.7 Å². The molecule has 6 heteroatoms. The minimum absolute atomic E-state index is 0.0461. The zero-order valence-corrected chi connectivity index (χ0v) is 10.5. The molecule has 1 fully saturated rings. The molecule has 1 saturated heterocycles. The summed E-state index contributed by atoms with van der Waals surface area (Å²) < 4.78 is 25.3. The lowest BCUT2D eigenvalue weighted by molar-refractivity contribution is -0.137. The fourth-order valence-electron chi connectivity index (χ4n) is 2.17. The Morgan fingerprint density at radius 3 is 2.50 bits per heavy atom. The third-order valence-electron chi connectivity index (χ3n) is 2.88. The second-order valence-electron chi connectivity index (χ2n) is 4.57. The second-order valence-corrected chi connectivity index (χ2v) is 6.61. The number of rotatable bonds is 5. The molecule has 5 nitrogen and oxygen atoms in total. The van der Waals surface area contributed by atoms with E-state index in [9.17, 15) is 13.2 Å². The molecule has 2 atom stereocenters. The molecular formula is C10H19NO4S. The molecule has 0 aliphatic carbocycles. The number of carboxylic acids is 1. The molecule has 0 spiro atoms. The normalized spacial score (nSPS) is 27.1. The van der Waals surface area contributed by atoms with Crippen LogP contribution in [0.15, 0.2) is 0 Å². The van der Waals surface area contributed by atoms with Crippen LogP contribution in [0.3, 0.4) is 0 Å². The van der Waals surface area contributed by atoms with E-state index in [1.165, 1.54) is 4.31 Å². The third-order valence-corrected chi connectivity index (χ3v) is 4.91. The maximum absolute atomic E-state index is 11.9. The second kappa shape index (κ2) is 5.14. The molecule has 94 valence electrons. The standard InChI is InChI=1S/C10H19NO4S/c1-8-6-9(2)11(7-8)16(14,15)5-3-4-10(12)13/h8-9H,3-7H2,1-2H3,(H,12,13). The first-order valence-corrected chi connectivity index (χ1v) is 7.15. The first-order valence-electron chi connectivity index (χ1n) is 5.54. The number of carboxylic acid groups (broad SMARTS) is 1. The molecular weight excluding hydrogens is 230 g/mol. The van der Waals surface area contributed by atoms with Gasteiger partial charge in [-0.1, -0.05) is 6.92 Å². The van der Waals surface area contributed by atoms with Crippen molar-refractivity contribution in [2.45, 2.75) is 39.2 Å². The van der Waals surface area contributed by atoms with Crippen LogP contribution in [-0.2, 0) is 14.8 Å². The Balaban J connectivity index is 2.54. The Morgan fingerprint density at radius 1 is 1.44 bits per heavy atom. The number of nitrogens with zero attached hydrogens (tertiary/aromatic N) is 1. The van der Waals surface area contributed by atoms with Crippen molar-refractivity contribution in [2.24, 2.45) is 5.92 Å². The molecule has 1 rings (SSSR count). The van der Waals surface area contributed by atoms with E-state index in [1.807, 2.05) is 13.8 Å². The van der Waals surface area contributed by atoms with E-state index in [0.29, 0.717) is 12.5 Å². The molecule has 0 aromatic rings. The van der Waals surface area contributed by atoms with Gasteiger partial charge < -0.3 is 5.11 Å². The van der Waals surface area contributed by atoms with Crippen LogP contribution in [0, 0.1) is 5.92 Å². The number of aliphatic carboxylic acids is 1. The van der Waals surface area contributed by atoms with E-state index in [4.69, 9.17) is 5.11 Å². The van der Waals surface area contributed by atoms with Gasteiger partial charge in [0.05, 0.1) is 5.75 Å². The lowest BCUT2D eigenvalue weighted by Crippen LogP contribution is -2.35. The predicted octanol–water partition coefficient (Wildman–Crippen LogP) is 0.911. The van der Waals surface area contributed by atoms with Gasteiger partial charge in [-0.3, -0.25) is 4.79 Å². The number of hydrogen-bond acceptors (Lipinski definition) is 3. The minimum Gasteiger partial charge on any atom is -0.481 e. The summed E-state index contributed by atoms with van der Waals surface area (Å²) in [4.78, 5) is 10.3. The molecule has 1 aliphatic rings. The molecule has 0 amide bonds. The van der Waals surface area contributed by atoms with Crippen molar-refractivity contribution >= 4 is 16.0 Å². The van der Waals surface area contributed by atoms with E-state index < -0.39 is 16.0 Å². The molecule has 1 N–H and O–H groups in total. The molecule has 0 aromatic carbocycles. The molecule has 16 heavy (non-hydrogen) atoms. The van der Waals surface area contributed by atoms with Crippen LogP contribution in [0.4, 0.5) is 0 Å². The summed E-state index contributed by atoms with van der Waals surface area (Å²) in [7, 11) is -3.27. The SMILES string of the molecule is CC1CC(C)N(S(=O)(=O)CCCC(=O)O)C1. The van der Waals surface area contributed by atoms with Crippen LogP contribution < -0.4 is 0 Å². The Morgan fingerprint density at radius 2 is 2.06 bits per heavy atom. The van der Waals surface area contributed by atoms with E-state index in [-0.39, 0.29) is 24.6 Å². The fraction of sp³-hybridized carbons (Fsp3) is 0.900. The predicted molar refractivity (Wildman–Crippen MR) is 60.6 cm³/mol. The van der Waals surface area contributed by atoms with Crippen molar-refractivity contribution in [3.05, 3.63) is 0 Å². The maximum atomic E-state index is 11.9. The smallest absolute Gasteiger partial charge is 0.303 e. The van der Waals surface area contributed by atoms with E-state index in [2.05, 4.69) is 0 Å². The van der Waals surface area contributed by atoms with Crippen molar-refractivity contribution < 1.29 is 18.3 Å². The number of carbonyl (C=O) groups is 1. The molecule has 0 aromatic heterocycles. The number of sulfonamides is 1. The van der Waals surface area contributed by atoms with Gasteiger partial charge in [-0.25, -0.2) is 8.42 Å². The van der Waals surface area contributed by atoms with Gasteiger partial charge in [0, 0.05) is 19.0 Å². The first kappa shape index (κ1) is 13.4. The van der Waals surface area contributed by atoms with Gasteiger partial charge in [0.1, 0.15) is 0 Å². The third kappa shape index (κ3) is 3.45. The Hall–Kier alpha value is -0.620. The summed E-state index contributed by atoms with van der Waals surface area (Å²) in [5.41, 5.74) is 0. The highest BCUT2D eigenvalue weighted by molar-refractivity contribution is 7.89. The molecule has 2 unspecified atom stereocenters. The Kier molecular flexibility index (Phi) is 4.32. The zero-order chi connectivity index (χ0) is 12.3. The summed E-state index contributed by atoms with van der Waals surface area (Å²) in [5.74, 6) is -0.613. The quantitative estimate of drug-likeness (QED) is 0.786. The van der Waals surface area contributed by atoms with Crippen LogP contribution in [0.2, 0.25) is 0 Å². The van der Waals surface area contributed by atoms with E-state index >= 15 is 0 Å². The average molecular weight is 249 g/mol. The summed E-state index contributed by atoms with van der Waals surface area (Å²) in [6, 6.07) is 0.0461. The van der Waals surface area contributed by atoms with Crippen molar-refractivity contribution in [2.75, 3.05) is 12.3 Å². The van der Waals surface area contributed by atoms with Gasteiger partial charge in [-0.15, -0.1) is 0 Å². The van der Waals surface area contributed by atoms with Crippen molar-refractivity contribution in [3.8, 4) is 0 Å². The lowest BCUT2D eigenvalue weighted by atomic mass is 10.1. The molecule has 0 saturated carbocycles. The fourth-order valence-corrected chi connectivity index (χ4v) is 4.03. The summed E-state index contributed by atoms with van der Waals surface area (Å²) in [6.45, 7) is 4.50. The van der Waals surface area contributed by atoms with Crippen molar-refractivity contribution in [1.29, 1.82) is 0 Å². The zero-order valence-electron chi connectivity index (χ0n) is 9.72. The van der Waals surface area contributed by atoms with Gasteiger partial charge in [0.15, 0.2) is 0 Å². The Labute approximate surface area is 96.5 Å². The van der Waals surface area contributed by atoms with Crippen LogP contribution >= 0.6 is 0 Å². The number of hydrogen-bond donors (Lipinski definition) is 1. The van der Waals surface area contributed by atoms with Gasteiger partial charge in [0.2, 0.25) is 10.0 Å². The van der Waals surface area contributed by atoms with Crippen LogP contribution in [0.1, 0.15) is 33.1 Å². The summed E-state index contributed by atoms with van der Waals surface area (Å²) in [5, 5.41) is 8.46. The highest BCUT2D eigenvalue weighted by Gasteiger charge is 2.34. The monoisotopic (exact) mass is 249 g/mol. The first-order chi connectivity index (χ1) is 7.33. The van der Waals surface area contributed by atoms with Gasteiger partial charge in [0.25, 0.3) is 0 Å². The summed E-state index contributed by atoms with van der Waals surface area (Å²) in [6.07, 6.45) is 0.991. The van der Waals surface area contributed by atoms with E-state index in [1.54, 1.807) is 0 Å². The molecule has 1 aliphatic heterocycles. The van der Waals surface area contributed by atoms with Gasteiger partial charge >= 0.3 is 5.97 Å². The Bertz CT molecular complexity index is 352. The largest absolute Gasteiger partial charge is 0.481 e. The molecule has 0 bridgehead atoms. The minimum atomic E-state index is -3.27. The van der Waals surface area contributed by atoms with E-state index in [0.717, 1.165) is 6.42 Å². The molecule has 1 heterocycles.